The Morgan fingerprint density at radius 1 is 1.04 bits per heavy atom. The minimum Gasteiger partial charge on any atom is -0.336 e. The highest BCUT2D eigenvalue weighted by Gasteiger charge is 2.23. The maximum absolute atomic E-state index is 12.4. The topological polar surface area (TPSA) is 52.7 Å². The highest BCUT2D eigenvalue weighted by Crippen LogP contribution is 2.17. The fraction of sp³-hybridized carbons (Fsp3) is 0.294. The van der Waals surface area contributed by atoms with E-state index in [9.17, 15) is 9.59 Å². The number of hydrogen-bond donors (Lipinski definition) is 1. The van der Waals surface area contributed by atoms with Crippen molar-refractivity contribution in [1.29, 1.82) is 0 Å². The van der Waals surface area contributed by atoms with E-state index in [1.165, 1.54) is 11.3 Å². The smallest absolute Gasteiger partial charge is 0.321 e. The van der Waals surface area contributed by atoms with Gasteiger partial charge in [0.05, 0.1) is 4.88 Å². The largest absolute Gasteiger partial charge is 0.336 e. The van der Waals surface area contributed by atoms with Crippen LogP contribution in [0.3, 0.4) is 0 Å². The summed E-state index contributed by atoms with van der Waals surface area (Å²) in [6.07, 6.45) is 0.764. The average molecular weight is 364 g/mol. The predicted molar refractivity (Wildman–Crippen MR) is 96.9 cm³/mol. The molecule has 1 aliphatic rings. The Labute approximate surface area is 149 Å². The monoisotopic (exact) mass is 363 g/mol. The number of carbonyl (C=O) groups is 2. The van der Waals surface area contributed by atoms with Gasteiger partial charge in [-0.15, -0.1) is 11.3 Å². The van der Waals surface area contributed by atoms with Gasteiger partial charge in [-0.3, -0.25) is 4.79 Å². The molecule has 1 aliphatic heterocycles. The summed E-state index contributed by atoms with van der Waals surface area (Å²) in [5.74, 6) is 0.0436. The Morgan fingerprint density at radius 2 is 1.83 bits per heavy atom. The van der Waals surface area contributed by atoms with Gasteiger partial charge in [0, 0.05) is 36.9 Å². The number of urea groups is 1. The molecule has 1 fully saturated rings. The number of nitrogens with zero attached hydrogens (tertiary/aromatic N) is 2. The van der Waals surface area contributed by atoms with Crippen molar-refractivity contribution in [2.75, 3.05) is 31.5 Å². The van der Waals surface area contributed by atoms with Crippen LogP contribution in [0.1, 0.15) is 16.1 Å². The lowest BCUT2D eigenvalue weighted by molar-refractivity contribution is 0.0767. The zero-order chi connectivity index (χ0) is 16.9. The number of benzene rings is 1. The van der Waals surface area contributed by atoms with Gasteiger partial charge in [-0.05, 0) is 36.1 Å². The number of thiophene rings is 1. The molecule has 0 aliphatic carbocycles. The second kappa shape index (κ2) is 7.68. The van der Waals surface area contributed by atoms with Crippen LogP contribution < -0.4 is 5.32 Å². The standard InChI is InChI=1S/C17H18ClN3O2S/c18-13-4-1-5-14(12-13)19-17(23)21-8-3-7-20(9-10-21)16(22)15-6-2-11-24-15/h1-2,4-6,11-12H,3,7-10H2,(H,19,23). The highest BCUT2D eigenvalue weighted by molar-refractivity contribution is 7.12. The Bertz CT molecular complexity index is 720. The molecule has 1 aromatic carbocycles. The number of anilines is 1. The molecule has 5 nitrogen and oxygen atoms in total. The molecular weight excluding hydrogens is 346 g/mol. The lowest BCUT2D eigenvalue weighted by Gasteiger charge is -2.22. The molecule has 7 heteroatoms. The highest BCUT2D eigenvalue weighted by atomic mass is 35.5. The van der Waals surface area contributed by atoms with Gasteiger partial charge < -0.3 is 15.1 Å². The molecule has 1 aromatic heterocycles. The molecular formula is C17H18ClN3O2S. The summed E-state index contributed by atoms with van der Waals surface area (Å²) in [7, 11) is 0. The predicted octanol–water partition coefficient (Wildman–Crippen LogP) is 3.78. The van der Waals surface area contributed by atoms with Crippen molar-refractivity contribution < 1.29 is 9.59 Å². The molecule has 3 rings (SSSR count). The van der Waals surface area contributed by atoms with Gasteiger partial charge in [-0.1, -0.05) is 23.7 Å². The third kappa shape index (κ3) is 4.07. The fourth-order valence-electron chi connectivity index (χ4n) is 2.65. The molecule has 1 N–H and O–H groups in total. The molecule has 0 unspecified atom stereocenters. The van der Waals surface area contributed by atoms with Gasteiger partial charge in [0.2, 0.25) is 0 Å². The summed E-state index contributed by atoms with van der Waals surface area (Å²) in [6, 6.07) is 10.6. The first-order chi connectivity index (χ1) is 11.6. The van der Waals surface area contributed by atoms with Gasteiger partial charge in [0.15, 0.2) is 0 Å². The zero-order valence-electron chi connectivity index (χ0n) is 13.1. The quantitative estimate of drug-likeness (QED) is 0.882. The van der Waals surface area contributed by atoms with Crippen LogP contribution in [-0.4, -0.2) is 47.9 Å². The SMILES string of the molecule is O=C(Nc1cccc(Cl)c1)N1CCCN(C(=O)c2cccs2)CC1. The van der Waals surface area contributed by atoms with E-state index >= 15 is 0 Å². The summed E-state index contributed by atoms with van der Waals surface area (Å²) in [4.78, 5) is 29.1. The van der Waals surface area contributed by atoms with Gasteiger partial charge >= 0.3 is 6.03 Å². The molecule has 3 amide bonds. The van der Waals surface area contributed by atoms with Crippen LogP contribution in [0, 0.1) is 0 Å². The minimum absolute atomic E-state index is 0.0436. The van der Waals surface area contributed by atoms with Crippen molar-refractivity contribution in [1.82, 2.24) is 9.80 Å². The normalized spacial score (nSPS) is 15.0. The van der Waals surface area contributed by atoms with Crippen molar-refractivity contribution in [3.05, 3.63) is 51.7 Å². The van der Waals surface area contributed by atoms with Crippen LogP contribution >= 0.6 is 22.9 Å². The van der Waals surface area contributed by atoms with E-state index in [0.717, 1.165) is 11.3 Å². The van der Waals surface area contributed by atoms with E-state index in [-0.39, 0.29) is 11.9 Å². The van der Waals surface area contributed by atoms with Crippen LogP contribution in [0.2, 0.25) is 5.02 Å². The van der Waals surface area contributed by atoms with Gasteiger partial charge in [0.25, 0.3) is 5.91 Å². The summed E-state index contributed by atoms with van der Waals surface area (Å²) in [5.41, 5.74) is 0.670. The van der Waals surface area contributed by atoms with E-state index in [1.54, 1.807) is 29.2 Å². The van der Waals surface area contributed by atoms with Gasteiger partial charge in [-0.25, -0.2) is 4.79 Å². The van der Waals surface area contributed by atoms with E-state index in [1.807, 2.05) is 22.4 Å². The Hall–Kier alpha value is -2.05. The minimum atomic E-state index is -0.164. The molecule has 2 aromatic rings. The molecule has 1 saturated heterocycles. The first-order valence-electron chi connectivity index (χ1n) is 7.78. The summed E-state index contributed by atoms with van der Waals surface area (Å²) in [6.45, 7) is 2.35. The second-order valence-electron chi connectivity index (χ2n) is 5.55. The van der Waals surface area contributed by atoms with E-state index < -0.39 is 0 Å². The summed E-state index contributed by atoms with van der Waals surface area (Å²) < 4.78 is 0. The van der Waals surface area contributed by atoms with Crippen LogP contribution in [0.15, 0.2) is 41.8 Å². The molecule has 0 radical (unpaired) electrons. The van der Waals surface area contributed by atoms with Crippen LogP contribution in [-0.2, 0) is 0 Å². The Kier molecular flexibility index (Phi) is 5.37. The van der Waals surface area contributed by atoms with Gasteiger partial charge in [0.1, 0.15) is 0 Å². The molecule has 0 spiro atoms. The number of hydrogen-bond acceptors (Lipinski definition) is 3. The third-order valence-electron chi connectivity index (χ3n) is 3.88. The number of carbonyl (C=O) groups excluding carboxylic acids is 2. The Morgan fingerprint density at radius 3 is 2.58 bits per heavy atom. The van der Waals surface area contributed by atoms with E-state index in [2.05, 4.69) is 5.32 Å². The fourth-order valence-corrected chi connectivity index (χ4v) is 3.53. The first-order valence-corrected chi connectivity index (χ1v) is 9.03. The van der Waals surface area contributed by atoms with Crippen LogP contribution in [0.4, 0.5) is 10.5 Å². The van der Waals surface area contributed by atoms with Crippen LogP contribution in [0.5, 0.6) is 0 Å². The maximum Gasteiger partial charge on any atom is 0.321 e. The molecule has 24 heavy (non-hydrogen) atoms. The van der Waals surface area contributed by atoms with Gasteiger partial charge in [-0.2, -0.15) is 0 Å². The number of rotatable bonds is 2. The summed E-state index contributed by atoms with van der Waals surface area (Å²) >= 11 is 7.38. The lowest BCUT2D eigenvalue weighted by Crippen LogP contribution is -2.39. The average Bonchev–Trinajstić information content (AvgIpc) is 2.98. The van der Waals surface area contributed by atoms with E-state index in [0.29, 0.717) is 36.9 Å². The number of nitrogens with one attached hydrogen (secondary N) is 1. The summed E-state index contributed by atoms with van der Waals surface area (Å²) in [5, 5.41) is 5.33. The maximum atomic E-state index is 12.4. The molecule has 0 bridgehead atoms. The second-order valence-corrected chi connectivity index (χ2v) is 6.93. The van der Waals surface area contributed by atoms with Crippen molar-refractivity contribution in [2.24, 2.45) is 0 Å². The van der Waals surface area contributed by atoms with Crippen molar-refractivity contribution in [3.8, 4) is 0 Å². The zero-order valence-corrected chi connectivity index (χ0v) is 14.6. The van der Waals surface area contributed by atoms with Crippen molar-refractivity contribution in [3.63, 3.8) is 0 Å². The Balaban J connectivity index is 1.59. The van der Waals surface area contributed by atoms with Crippen LogP contribution in [0.25, 0.3) is 0 Å². The first kappa shape index (κ1) is 16.8. The number of amides is 3. The third-order valence-corrected chi connectivity index (χ3v) is 4.97. The van der Waals surface area contributed by atoms with Crippen molar-refractivity contribution >= 4 is 40.6 Å². The molecule has 126 valence electrons. The molecule has 0 atom stereocenters. The van der Waals surface area contributed by atoms with Crippen molar-refractivity contribution in [2.45, 2.75) is 6.42 Å². The van der Waals surface area contributed by atoms with E-state index in [4.69, 9.17) is 11.6 Å². The number of halogens is 1. The molecule has 2 heterocycles. The molecule has 0 saturated carbocycles. The lowest BCUT2D eigenvalue weighted by atomic mass is 10.3.